The van der Waals surface area contributed by atoms with Gasteiger partial charge in [-0.05, 0) is 96.8 Å². The minimum Gasteiger partial charge on any atom is -0.566 e. The monoisotopic (exact) mass is 787 g/mol. The van der Waals surface area contributed by atoms with Gasteiger partial charge >= 0.3 is 28.5 Å². The van der Waals surface area contributed by atoms with Crippen LogP contribution in [-0.4, -0.2) is 58.4 Å². The molecule has 0 aromatic heterocycles. The number of carbonyl (C=O) groups excluding carboxylic acids is 3. The number of phenolic OH excluding ortho intramolecular Hbond substituents is 1. The van der Waals surface area contributed by atoms with E-state index in [2.05, 4.69) is 20.6 Å². The Bertz CT molecular complexity index is 2340. The minimum absolute atomic E-state index is 0.0610. The highest BCUT2D eigenvalue weighted by Gasteiger charge is 2.72. The molecule has 4 radical (unpaired) electrons. The first-order chi connectivity index (χ1) is 26.9. The molecule has 0 aliphatic carbocycles. The van der Waals surface area contributed by atoms with Gasteiger partial charge in [-0.15, -0.1) is 0 Å². The van der Waals surface area contributed by atoms with E-state index < -0.39 is 69.5 Å². The number of alkyl halides is 6. The van der Waals surface area contributed by atoms with E-state index in [4.69, 9.17) is 25.5 Å². The molecule has 5 aromatic carbocycles. The fourth-order valence-electron chi connectivity index (χ4n) is 6.14. The molecule has 290 valence electrons. The fraction of sp³-hybridized carbons (Fsp3) is 0.154. The Hall–Kier alpha value is -6.58. The number of rotatable bonds is 11. The van der Waals surface area contributed by atoms with Gasteiger partial charge < -0.3 is 35.1 Å². The molecule has 3 amide bonds. The maximum absolute atomic E-state index is 15.3. The molecule has 0 saturated heterocycles. The first kappa shape index (κ1) is 41.6. The summed E-state index contributed by atoms with van der Waals surface area (Å²) >= 11 is 0. The molecule has 0 spiro atoms. The second kappa shape index (κ2) is 16.3. The van der Waals surface area contributed by atoms with Gasteiger partial charge in [-0.25, -0.2) is 0 Å². The highest BCUT2D eigenvalue weighted by molar-refractivity contribution is 6.10. The summed E-state index contributed by atoms with van der Waals surface area (Å²) in [5.41, 5.74) is -8.33. The van der Waals surface area contributed by atoms with Crippen molar-refractivity contribution in [2.45, 2.75) is 31.6 Å². The van der Waals surface area contributed by atoms with Crippen LogP contribution in [0, 0.1) is 13.8 Å². The van der Waals surface area contributed by atoms with Crippen molar-refractivity contribution in [3.63, 3.8) is 0 Å². The summed E-state index contributed by atoms with van der Waals surface area (Å²) in [7, 11) is 11.8. The molecule has 0 atom stereocenters. The summed E-state index contributed by atoms with van der Waals surface area (Å²) in [5, 5.41) is 17.6. The van der Waals surface area contributed by atoms with Crippen molar-refractivity contribution < 1.29 is 59.9 Å². The second-order valence-electron chi connectivity index (χ2n) is 12.5. The van der Waals surface area contributed by atoms with E-state index in [9.17, 15) is 19.5 Å². The van der Waals surface area contributed by atoms with Crippen LogP contribution in [0.4, 0.5) is 43.4 Å². The average Bonchev–Trinajstić information content (AvgIpc) is 3.15. The Kier molecular flexibility index (Phi) is 11.9. The van der Waals surface area contributed by atoms with Crippen molar-refractivity contribution in [1.82, 2.24) is 0 Å². The van der Waals surface area contributed by atoms with Crippen molar-refractivity contribution in [3.05, 3.63) is 136 Å². The maximum atomic E-state index is 15.3. The number of aryl methyl sites for hydroxylation is 2. The number of amides is 3. The predicted octanol–water partition coefficient (Wildman–Crippen LogP) is 8.11. The maximum Gasteiger partial charge on any atom is 0.411 e. The summed E-state index contributed by atoms with van der Waals surface area (Å²) < 4.78 is 106. The number of hydrogen-bond donors (Lipinski definition) is 4. The van der Waals surface area contributed by atoms with Crippen molar-refractivity contribution >= 4 is 50.9 Å². The molecule has 18 heteroatoms. The van der Waals surface area contributed by atoms with Gasteiger partial charge in [0.25, 0.3) is 17.7 Å². The van der Waals surface area contributed by atoms with E-state index in [-0.39, 0.29) is 33.9 Å². The molecule has 5 rings (SSSR count). The highest BCUT2D eigenvalue weighted by atomic mass is 19.4. The van der Waals surface area contributed by atoms with Gasteiger partial charge in [0, 0.05) is 11.1 Å². The molecule has 4 N–H and O–H groups in total. The summed E-state index contributed by atoms with van der Waals surface area (Å²) in [6.45, 7) is 3.27. The highest BCUT2D eigenvalue weighted by Crippen LogP contribution is 2.57. The van der Waals surface area contributed by atoms with Crippen LogP contribution in [0.2, 0.25) is 0 Å². The van der Waals surface area contributed by atoms with E-state index in [1.165, 1.54) is 50.4 Å². The largest absolute Gasteiger partial charge is 0.566 e. The summed E-state index contributed by atoms with van der Waals surface area (Å²) in [6.07, 6.45) is -12.3. The molecule has 0 unspecified atom stereocenters. The first-order valence-electron chi connectivity index (χ1n) is 16.5. The third-order valence-electron chi connectivity index (χ3n) is 8.89. The van der Waals surface area contributed by atoms with E-state index in [0.29, 0.717) is 42.0 Å². The van der Waals surface area contributed by atoms with Crippen LogP contribution < -0.4 is 30.0 Å². The third kappa shape index (κ3) is 8.20. The number of aromatic hydroxyl groups is 1. The lowest BCUT2D eigenvalue weighted by Crippen LogP contribution is -2.54. The molecule has 0 fully saturated rings. The lowest BCUT2D eigenvalue weighted by atomic mass is 9.72. The SMILES string of the molecule is [B]Oc1ccc(C)cc1NC(=O)c1cccc(C(=O)Nc2cc(C(c3ccc(O[B])c(NC(=O)c4c(C)cccc4OC)c3)(C(F)(F)F)C(F)(F)F)ccc2O)c1. The molecule has 57 heavy (non-hydrogen) atoms. The quantitative estimate of drug-likeness (QED) is 0.0604. The topological polar surface area (TPSA) is 135 Å². The Labute approximate surface area is 324 Å². The van der Waals surface area contributed by atoms with E-state index in [1.807, 2.05) is 0 Å². The van der Waals surface area contributed by atoms with Crippen molar-refractivity contribution in [2.24, 2.45) is 0 Å². The smallest absolute Gasteiger partial charge is 0.411 e. The Morgan fingerprint density at radius 2 is 1.09 bits per heavy atom. The Balaban J connectivity index is 1.54. The second-order valence-corrected chi connectivity index (χ2v) is 12.5. The van der Waals surface area contributed by atoms with Gasteiger partial charge in [-0.2, -0.15) is 26.3 Å². The van der Waals surface area contributed by atoms with Crippen LogP contribution in [0.5, 0.6) is 23.0 Å². The lowest BCUT2D eigenvalue weighted by molar-refractivity contribution is -0.288. The zero-order valence-electron chi connectivity index (χ0n) is 30.1. The average molecular weight is 787 g/mol. The van der Waals surface area contributed by atoms with Crippen molar-refractivity contribution in [2.75, 3.05) is 23.1 Å². The Morgan fingerprint density at radius 1 is 0.596 bits per heavy atom. The lowest BCUT2D eigenvalue weighted by Gasteiger charge is -2.38. The molecular weight excluding hydrogens is 758 g/mol. The van der Waals surface area contributed by atoms with Crippen molar-refractivity contribution in [3.8, 4) is 23.0 Å². The standard InChI is InChI=1S/C39H29B2F6N3O7/c1-20-10-14-30(56-40)27(16-20)49-35(53)23-8-5-7-22(17-23)34(52)48-26-18-24(11-13-29(26)51)37(38(42,43)44,39(45,46)47)25-12-15-31(57-41)28(19-25)50-36(54)33-21(2)6-4-9-32(33)55-3/h4-19,51H,1-3H3,(H,48,52)(H,49,53)(H,50,54). The van der Waals surface area contributed by atoms with Crippen LogP contribution in [0.15, 0.2) is 97.1 Å². The van der Waals surface area contributed by atoms with Gasteiger partial charge in [-0.1, -0.05) is 36.4 Å². The molecular formula is C39H29B2F6N3O7. The van der Waals surface area contributed by atoms with Gasteiger partial charge in [0.05, 0.1) is 29.7 Å². The molecule has 10 nitrogen and oxygen atoms in total. The summed E-state index contributed by atoms with van der Waals surface area (Å²) in [5.74, 6) is -3.99. The van der Waals surface area contributed by atoms with Gasteiger partial charge in [0.15, 0.2) is 0 Å². The van der Waals surface area contributed by atoms with Crippen LogP contribution in [0.3, 0.4) is 0 Å². The number of anilines is 3. The minimum atomic E-state index is -6.14. The number of benzene rings is 5. The third-order valence-corrected chi connectivity index (χ3v) is 8.89. The number of phenols is 1. The number of methoxy groups -OCH3 is 1. The van der Waals surface area contributed by atoms with E-state index in [1.54, 1.807) is 25.1 Å². The molecule has 0 saturated carbocycles. The van der Waals surface area contributed by atoms with Gasteiger partial charge in [0.2, 0.25) is 5.41 Å². The zero-order valence-corrected chi connectivity index (χ0v) is 30.1. The van der Waals surface area contributed by atoms with Gasteiger partial charge in [-0.3, -0.25) is 14.4 Å². The summed E-state index contributed by atoms with van der Waals surface area (Å²) in [6, 6.07) is 17.1. The van der Waals surface area contributed by atoms with Gasteiger partial charge in [0.1, 0.15) is 23.0 Å². The number of nitrogens with one attached hydrogen (secondary N) is 3. The first-order valence-corrected chi connectivity index (χ1v) is 16.5. The van der Waals surface area contributed by atoms with E-state index >= 15 is 26.3 Å². The molecule has 0 heterocycles. The number of carbonyl (C=O) groups is 3. The van der Waals surface area contributed by atoms with Crippen LogP contribution in [-0.2, 0) is 5.41 Å². The van der Waals surface area contributed by atoms with Crippen LogP contribution in [0.25, 0.3) is 0 Å². The molecule has 0 aliphatic rings. The van der Waals surface area contributed by atoms with Crippen molar-refractivity contribution in [1.29, 1.82) is 0 Å². The molecule has 5 aromatic rings. The summed E-state index contributed by atoms with van der Waals surface area (Å²) in [4.78, 5) is 39.8. The van der Waals surface area contributed by atoms with Crippen LogP contribution in [0.1, 0.15) is 53.3 Å². The zero-order chi connectivity index (χ0) is 41.9. The molecule has 0 bridgehead atoms. The predicted molar refractivity (Wildman–Crippen MR) is 199 cm³/mol. The number of halogens is 6. The van der Waals surface area contributed by atoms with E-state index in [0.717, 1.165) is 11.6 Å². The molecule has 0 aliphatic heterocycles. The normalized spacial score (nSPS) is 11.7. The fourth-order valence-corrected chi connectivity index (χ4v) is 6.14. The number of hydrogen-bond acceptors (Lipinski definition) is 7. The Morgan fingerprint density at radius 3 is 1.65 bits per heavy atom. The number of ether oxygens (including phenoxy) is 1. The van der Waals surface area contributed by atoms with Crippen LogP contribution >= 0.6 is 0 Å².